The number of aromatic nitrogens is 1. The van der Waals surface area contributed by atoms with Gasteiger partial charge in [-0.05, 0) is 40.8 Å². The number of hydrogen-bond acceptors (Lipinski definition) is 3. The lowest BCUT2D eigenvalue weighted by atomic mass is 9.84. The van der Waals surface area contributed by atoms with Gasteiger partial charge in [-0.25, -0.2) is 0 Å². The van der Waals surface area contributed by atoms with Crippen molar-refractivity contribution in [2.75, 3.05) is 6.54 Å². The molecule has 0 spiro atoms. The van der Waals surface area contributed by atoms with Gasteiger partial charge in [0.15, 0.2) is 0 Å². The summed E-state index contributed by atoms with van der Waals surface area (Å²) >= 11 is 3.13. The average molecular weight is 379 g/mol. The Labute approximate surface area is 138 Å². The molecule has 5 nitrogen and oxygen atoms in total. The van der Waals surface area contributed by atoms with Crippen LogP contribution >= 0.6 is 28.3 Å². The fourth-order valence-electron chi connectivity index (χ4n) is 2.74. The summed E-state index contributed by atoms with van der Waals surface area (Å²) < 4.78 is 0.354. The van der Waals surface area contributed by atoms with Gasteiger partial charge in [-0.2, -0.15) is 0 Å². The van der Waals surface area contributed by atoms with E-state index in [1.54, 1.807) is 0 Å². The maximum atomic E-state index is 12.2. The minimum Gasteiger partial charge on any atom is -0.348 e. The third kappa shape index (κ3) is 4.83. The Morgan fingerprint density at radius 2 is 2.10 bits per heavy atom. The Hall–Kier alpha value is -0.850. The van der Waals surface area contributed by atoms with Crippen molar-refractivity contribution < 1.29 is 4.79 Å². The maximum Gasteiger partial charge on any atom is 0.262 e. The van der Waals surface area contributed by atoms with Crippen molar-refractivity contribution in [3.63, 3.8) is 0 Å². The minimum absolute atomic E-state index is 0. The van der Waals surface area contributed by atoms with Crippen LogP contribution in [0.15, 0.2) is 21.5 Å². The minimum atomic E-state index is -0.246. The predicted molar refractivity (Wildman–Crippen MR) is 88.9 cm³/mol. The quantitative estimate of drug-likeness (QED) is 0.750. The van der Waals surface area contributed by atoms with E-state index in [2.05, 4.69) is 26.2 Å². The van der Waals surface area contributed by atoms with E-state index < -0.39 is 0 Å². The molecule has 118 valence electrons. The van der Waals surface area contributed by atoms with E-state index >= 15 is 0 Å². The Morgan fingerprint density at radius 3 is 2.67 bits per heavy atom. The summed E-state index contributed by atoms with van der Waals surface area (Å²) in [6.45, 7) is 0.445. The third-order valence-corrected chi connectivity index (χ3v) is 4.50. The van der Waals surface area contributed by atoms with Gasteiger partial charge in [0.1, 0.15) is 0 Å². The Bertz CT molecular complexity index is 529. The summed E-state index contributed by atoms with van der Waals surface area (Å²) in [5, 5.41) is 2.99. The molecule has 1 heterocycles. The van der Waals surface area contributed by atoms with Crippen LogP contribution in [0.25, 0.3) is 0 Å². The lowest BCUT2D eigenvalue weighted by molar-refractivity contribution is 0.0915. The van der Waals surface area contributed by atoms with E-state index in [1.807, 2.05) is 0 Å². The molecule has 1 atom stereocenters. The summed E-state index contributed by atoms with van der Waals surface area (Å²) in [7, 11) is 0. The molecule has 4 N–H and O–H groups in total. The van der Waals surface area contributed by atoms with Gasteiger partial charge >= 0.3 is 0 Å². The van der Waals surface area contributed by atoms with Crippen LogP contribution in [0.4, 0.5) is 0 Å². The first-order chi connectivity index (χ1) is 9.61. The number of rotatable bonds is 4. The Morgan fingerprint density at radius 1 is 1.43 bits per heavy atom. The monoisotopic (exact) mass is 377 g/mol. The molecule has 0 aliphatic heterocycles. The van der Waals surface area contributed by atoms with Crippen molar-refractivity contribution in [2.45, 2.75) is 38.1 Å². The molecule has 1 aromatic rings. The summed E-state index contributed by atoms with van der Waals surface area (Å²) in [6, 6.07) is 1.54. The zero-order valence-electron chi connectivity index (χ0n) is 11.7. The van der Waals surface area contributed by atoms with E-state index in [-0.39, 0.29) is 29.9 Å². The number of carbonyl (C=O) groups excluding carboxylic acids is 1. The van der Waals surface area contributed by atoms with Crippen LogP contribution in [-0.4, -0.2) is 23.5 Å². The van der Waals surface area contributed by atoms with Crippen LogP contribution in [-0.2, 0) is 0 Å². The van der Waals surface area contributed by atoms with E-state index in [4.69, 9.17) is 5.73 Å². The smallest absolute Gasteiger partial charge is 0.262 e. The molecule has 0 bridgehead atoms. The van der Waals surface area contributed by atoms with Gasteiger partial charge in [0, 0.05) is 18.8 Å². The van der Waals surface area contributed by atoms with Crippen molar-refractivity contribution >= 4 is 34.2 Å². The molecule has 1 amide bonds. The second kappa shape index (κ2) is 8.56. The molecule has 0 aromatic carbocycles. The van der Waals surface area contributed by atoms with Gasteiger partial charge < -0.3 is 16.0 Å². The number of nitrogens with two attached hydrogens (primary N) is 1. The van der Waals surface area contributed by atoms with Gasteiger partial charge in [0.05, 0.1) is 10.0 Å². The third-order valence-electron chi connectivity index (χ3n) is 3.91. The highest BCUT2D eigenvalue weighted by molar-refractivity contribution is 9.10. The Balaban J connectivity index is 0.00000220. The number of carbonyl (C=O) groups is 1. The zero-order chi connectivity index (χ0) is 14.5. The molecule has 2 rings (SSSR count). The summed E-state index contributed by atoms with van der Waals surface area (Å²) in [6.07, 6.45) is 7.36. The van der Waals surface area contributed by atoms with E-state index in [1.165, 1.54) is 31.5 Å². The number of H-pyrrole nitrogens is 1. The van der Waals surface area contributed by atoms with Crippen molar-refractivity contribution in [1.82, 2.24) is 10.3 Å². The topological polar surface area (TPSA) is 88.0 Å². The lowest BCUT2D eigenvalue weighted by Crippen LogP contribution is -2.46. The molecule has 1 aromatic heterocycles. The van der Waals surface area contributed by atoms with Gasteiger partial charge in [-0.3, -0.25) is 9.59 Å². The highest BCUT2D eigenvalue weighted by Crippen LogP contribution is 2.26. The summed E-state index contributed by atoms with van der Waals surface area (Å²) in [5.74, 6) is 0.270. The lowest BCUT2D eigenvalue weighted by Gasteiger charge is -2.30. The molecular formula is C14H21BrClN3O2. The number of aromatic amines is 1. The van der Waals surface area contributed by atoms with Crippen LogP contribution in [0.2, 0.25) is 0 Å². The number of amides is 1. The number of nitrogens with one attached hydrogen (secondary N) is 2. The van der Waals surface area contributed by atoms with Crippen molar-refractivity contribution in [2.24, 2.45) is 11.7 Å². The van der Waals surface area contributed by atoms with Crippen LogP contribution in [0, 0.1) is 5.92 Å². The predicted octanol–water partition coefficient (Wildman–Crippen LogP) is 2.20. The molecule has 1 aliphatic carbocycles. The number of hydrogen-bond donors (Lipinski definition) is 3. The van der Waals surface area contributed by atoms with Gasteiger partial charge in [0.2, 0.25) is 0 Å². The van der Waals surface area contributed by atoms with Crippen molar-refractivity contribution in [3.8, 4) is 0 Å². The van der Waals surface area contributed by atoms with E-state index in [0.29, 0.717) is 22.5 Å². The SMILES string of the molecule is Cl.NCC(NC(=O)c1c[nH]c(=O)c(Br)c1)C1CCCCC1. The van der Waals surface area contributed by atoms with E-state index in [9.17, 15) is 9.59 Å². The van der Waals surface area contributed by atoms with Crippen LogP contribution in [0.5, 0.6) is 0 Å². The van der Waals surface area contributed by atoms with Gasteiger partial charge in [0.25, 0.3) is 11.5 Å². The standard InChI is InChI=1S/C14H20BrN3O2.ClH/c15-11-6-10(8-17-14(11)20)13(19)18-12(7-16)9-4-2-1-3-5-9;/h6,8-9,12H,1-5,7,16H2,(H,17,20)(H,18,19);1H. The first kappa shape index (κ1) is 18.2. The van der Waals surface area contributed by atoms with E-state index in [0.717, 1.165) is 12.8 Å². The summed E-state index contributed by atoms with van der Waals surface area (Å²) in [5.41, 5.74) is 5.99. The molecule has 0 radical (unpaired) electrons. The Kier molecular flexibility index (Phi) is 7.42. The summed E-state index contributed by atoms with van der Waals surface area (Å²) in [4.78, 5) is 26.0. The molecule has 1 fully saturated rings. The molecular weight excluding hydrogens is 358 g/mol. The zero-order valence-corrected chi connectivity index (χ0v) is 14.1. The molecule has 21 heavy (non-hydrogen) atoms. The number of halogens is 2. The molecule has 1 saturated carbocycles. The fraction of sp³-hybridized carbons (Fsp3) is 0.571. The first-order valence-corrected chi connectivity index (χ1v) is 7.80. The van der Waals surface area contributed by atoms with Crippen molar-refractivity contribution in [3.05, 3.63) is 32.7 Å². The van der Waals surface area contributed by atoms with Crippen molar-refractivity contribution in [1.29, 1.82) is 0 Å². The molecule has 1 aliphatic rings. The second-order valence-corrected chi connectivity index (χ2v) is 6.13. The second-order valence-electron chi connectivity index (χ2n) is 5.28. The highest BCUT2D eigenvalue weighted by Gasteiger charge is 2.24. The van der Waals surface area contributed by atoms with Gasteiger partial charge in [-0.15, -0.1) is 12.4 Å². The highest BCUT2D eigenvalue weighted by atomic mass is 79.9. The normalized spacial score (nSPS) is 16.9. The van der Waals surface area contributed by atoms with Gasteiger partial charge in [-0.1, -0.05) is 19.3 Å². The molecule has 1 unspecified atom stereocenters. The van der Waals surface area contributed by atoms with Crippen LogP contribution in [0.3, 0.4) is 0 Å². The fourth-order valence-corrected chi connectivity index (χ4v) is 3.11. The average Bonchev–Trinajstić information content (AvgIpc) is 2.48. The molecule has 7 heteroatoms. The van der Waals surface area contributed by atoms with Crippen LogP contribution < -0.4 is 16.6 Å². The first-order valence-electron chi connectivity index (χ1n) is 7.01. The largest absolute Gasteiger partial charge is 0.348 e. The molecule has 0 saturated heterocycles. The van der Waals surface area contributed by atoms with Crippen LogP contribution in [0.1, 0.15) is 42.5 Å². The maximum absolute atomic E-state index is 12.2. The number of pyridine rings is 1.